The van der Waals surface area contributed by atoms with E-state index in [1.807, 2.05) is 0 Å². The molecular formula is C19H24F10N2O7. The molecule has 3 atom stereocenters. The highest BCUT2D eigenvalue weighted by atomic mass is 19.4. The summed E-state index contributed by atoms with van der Waals surface area (Å²) in [6.45, 7) is 2.91. The van der Waals surface area contributed by atoms with E-state index in [1.165, 1.54) is 13.8 Å². The van der Waals surface area contributed by atoms with Crippen molar-refractivity contribution in [2.45, 2.75) is 94.4 Å². The Morgan fingerprint density at radius 3 is 1.39 bits per heavy atom. The van der Waals surface area contributed by atoms with Crippen molar-refractivity contribution in [1.82, 2.24) is 10.6 Å². The van der Waals surface area contributed by atoms with Crippen molar-refractivity contribution in [3.63, 3.8) is 0 Å². The van der Waals surface area contributed by atoms with Gasteiger partial charge in [-0.1, -0.05) is 39.5 Å². The Morgan fingerprint density at radius 1 is 0.711 bits per heavy atom. The molecule has 0 aromatic rings. The Hall–Kier alpha value is -2.86. The fourth-order valence-corrected chi connectivity index (χ4v) is 2.63. The first-order valence-corrected chi connectivity index (χ1v) is 10.7. The molecule has 0 bridgehead atoms. The number of unbranched alkanes of at least 4 members (excludes halogenated alkanes) is 2. The van der Waals surface area contributed by atoms with Gasteiger partial charge in [0, 0.05) is 0 Å². The van der Waals surface area contributed by atoms with Gasteiger partial charge in [-0.05, 0) is 12.8 Å². The molecule has 19 heteroatoms. The number of hydrogen-bond acceptors (Lipinski definition) is 5. The standard InChI is InChI=1S/C19H24F10N2O7/c1-3-5-7-9(11(32)33)30-13(36)15(20,21)17(23,24)19(28,29)38-16(22,18(25,26)27)14(37)31-10(12(34)35)8-6-4-2/h9-10H,3-8H2,1-2H3,(H,30,36)(H,31,37)(H,32,33)(H,34,35). The summed E-state index contributed by atoms with van der Waals surface area (Å²) in [5, 5.41) is 19.4. The second-order valence-electron chi connectivity index (χ2n) is 7.87. The van der Waals surface area contributed by atoms with Gasteiger partial charge in [0.05, 0.1) is 0 Å². The summed E-state index contributed by atoms with van der Waals surface area (Å²) in [5.41, 5.74) is 0. The summed E-state index contributed by atoms with van der Waals surface area (Å²) in [6.07, 6.45) is -15.4. The molecule has 0 spiro atoms. The summed E-state index contributed by atoms with van der Waals surface area (Å²) in [6, 6.07) is -4.67. The van der Waals surface area contributed by atoms with Gasteiger partial charge < -0.3 is 20.8 Å². The molecule has 0 saturated heterocycles. The maximum Gasteiger partial charge on any atom is 0.458 e. The molecule has 0 fully saturated rings. The Labute approximate surface area is 207 Å². The number of alkyl halides is 10. The number of nitrogens with one attached hydrogen (secondary N) is 2. The molecule has 0 aliphatic heterocycles. The predicted octanol–water partition coefficient (Wildman–Crippen LogP) is 3.61. The molecule has 38 heavy (non-hydrogen) atoms. The third-order valence-corrected chi connectivity index (χ3v) is 4.87. The lowest BCUT2D eigenvalue weighted by atomic mass is 10.1. The van der Waals surface area contributed by atoms with E-state index in [2.05, 4.69) is 4.74 Å². The molecule has 0 aliphatic rings. The van der Waals surface area contributed by atoms with E-state index >= 15 is 0 Å². The van der Waals surface area contributed by atoms with Crippen molar-refractivity contribution in [2.75, 3.05) is 0 Å². The van der Waals surface area contributed by atoms with E-state index in [-0.39, 0.29) is 25.7 Å². The molecule has 0 rings (SSSR count). The first-order valence-electron chi connectivity index (χ1n) is 10.7. The Balaban J connectivity index is 6.26. The number of hydrogen-bond donors (Lipinski definition) is 4. The first kappa shape index (κ1) is 35.1. The van der Waals surface area contributed by atoms with E-state index in [0.29, 0.717) is 0 Å². The van der Waals surface area contributed by atoms with Gasteiger partial charge in [-0.3, -0.25) is 14.3 Å². The molecule has 0 radical (unpaired) electrons. The minimum absolute atomic E-state index is 0.0842. The Kier molecular flexibility index (Phi) is 11.8. The molecule has 0 aromatic heterocycles. The lowest BCUT2D eigenvalue weighted by molar-refractivity contribution is -0.455. The number of halogens is 10. The third-order valence-electron chi connectivity index (χ3n) is 4.87. The number of carbonyl (C=O) groups is 4. The summed E-state index contributed by atoms with van der Waals surface area (Å²) < 4.78 is 141. The quantitative estimate of drug-likeness (QED) is 0.204. The van der Waals surface area contributed by atoms with Gasteiger partial charge in [-0.15, -0.1) is 0 Å². The Morgan fingerprint density at radius 2 is 1.08 bits per heavy atom. The van der Waals surface area contributed by atoms with Crippen LogP contribution in [-0.4, -0.2) is 76.0 Å². The average molecular weight is 582 g/mol. The third kappa shape index (κ3) is 7.83. The highest BCUT2D eigenvalue weighted by Crippen LogP contribution is 2.50. The number of rotatable bonds is 16. The minimum Gasteiger partial charge on any atom is -0.480 e. The molecule has 9 nitrogen and oxygen atoms in total. The first-order chi connectivity index (χ1) is 17.0. The zero-order chi connectivity index (χ0) is 30.3. The molecule has 2 amide bonds. The number of amides is 2. The van der Waals surface area contributed by atoms with E-state index < -0.39 is 78.7 Å². The highest BCUT2D eigenvalue weighted by Gasteiger charge is 2.80. The number of ether oxygens (including phenoxy) is 1. The zero-order valence-corrected chi connectivity index (χ0v) is 19.6. The van der Waals surface area contributed by atoms with E-state index in [4.69, 9.17) is 10.2 Å². The zero-order valence-electron chi connectivity index (χ0n) is 19.6. The van der Waals surface area contributed by atoms with Crippen LogP contribution >= 0.6 is 0 Å². The smallest absolute Gasteiger partial charge is 0.458 e. The fourth-order valence-electron chi connectivity index (χ4n) is 2.63. The van der Waals surface area contributed by atoms with Crippen LogP contribution in [-0.2, 0) is 23.9 Å². The molecular weight excluding hydrogens is 558 g/mol. The van der Waals surface area contributed by atoms with Crippen LogP contribution in [0, 0.1) is 0 Å². The summed E-state index contributed by atoms with van der Waals surface area (Å²) in [7, 11) is 0. The molecule has 0 aliphatic carbocycles. The normalized spacial score (nSPS) is 16.2. The van der Waals surface area contributed by atoms with Crippen LogP contribution in [0.1, 0.15) is 52.4 Å². The lowest BCUT2D eigenvalue weighted by Gasteiger charge is -2.36. The maximum absolute atomic E-state index is 14.5. The molecule has 4 N–H and O–H groups in total. The number of carboxylic acids is 2. The summed E-state index contributed by atoms with van der Waals surface area (Å²) >= 11 is 0. The van der Waals surface area contributed by atoms with Gasteiger partial charge in [0.15, 0.2) is 0 Å². The van der Waals surface area contributed by atoms with Crippen molar-refractivity contribution in [3.8, 4) is 0 Å². The largest absolute Gasteiger partial charge is 0.480 e. The van der Waals surface area contributed by atoms with Crippen LogP contribution in [0.3, 0.4) is 0 Å². The topological polar surface area (TPSA) is 142 Å². The van der Waals surface area contributed by atoms with Crippen LogP contribution in [0.2, 0.25) is 0 Å². The van der Waals surface area contributed by atoms with Gasteiger partial charge in [0.2, 0.25) is 0 Å². The van der Waals surface area contributed by atoms with Crippen molar-refractivity contribution in [1.29, 1.82) is 0 Å². The van der Waals surface area contributed by atoms with E-state index in [1.54, 1.807) is 0 Å². The molecule has 3 unspecified atom stereocenters. The summed E-state index contributed by atoms with van der Waals surface area (Å²) in [5.74, 6) is -31.5. The van der Waals surface area contributed by atoms with Crippen LogP contribution in [0.5, 0.6) is 0 Å². The lowest BCUT2D eigenvalue weighted by Crippen LogP contribution is -2.67. The number of aliphatic carboxylic acids is 2. The SMILES string of the molecule is CCCCC(NC(=O)C(F)(F)C(F)(F)C(F)(F)OC(F)(C(=O)NC(CCCC)C(=O)O)C(F)(F)F)C(=O)O. The average Bonchev–Trinajstić information content (AvgIpc) is 2.76. The van der Waals surface area contributed by atoms with Gasteiger partial charge in [0.25, 0.3) is 11.8 Å². The maximum atomic E-state index is 14.5. The van der Waals surface area contributed by atoms with Crippen LogP contribution in [0.15, 0.2) is 0 Å². The monoisotopic (exact) mass is 582 g/mol. The molecule has 0 aromatic carbocycles. The van der Waals surface area contributed by atoms with Crippen LogP contribution in [0.4, 0.5) is 43.9 Å². The van der Waals surface area contributed by atoms with Gasteiger partial charge in [0.1, 0.15) is 12.1 Å². The molecule has 0 saturated carbocycles. The van der Waals surface area contributed by atoms with Crippen molar-refractivity contribution in [3.05, 3.63) is 0 Å². The van der Waals surface area contributed by atoms with Gasteiger partial charge in [-0.25, -0.2) is 9.59 Å². The molecule has 0 heterocycles. The van der Waals surface area contributed by atoms with Crippen LogP contribution in [0.25, 0.3) is 0 Å². The predicted molar refractivity (Wildman–Crippen MR) is 104 cm³/mol. The Bertz CT molecular complexity index is 869. The van der Waals surface area contributed by atoms with Crippen LogP contribution < -0.4 is 10.6 Å². The highest BCUT2D eigenvalue weighted by molar-refractivity contribution is 5.90. The number of carbonyl (C=O) groups excluding carboxylic acids is 2. The fraction of sp³-hybridized carbons (Fsp3) is 0.789. The number of carboxylic acid groups (broad SMARTS) is 2. The van der Waals surface area contributed by atoms with E-state index in [0.717, 1.165) is 10.6 Å². The van der Waals surface area contributed by atoms with E-state index in [9.17, 15) is 63.1 Å². The summed E-state index contributed by atoms with van der Waals surface area (Å²) in [4.78, 5) is 45.5. The van der Waals surface area contributed by atoms with Crippen molar-refractivity contribution < 1.29 is 78.0 Å². The second-order valence-corrected chi connectivity index (χ2v) is 7.87. The van der Waals surface area contributed by atoms with Gasteiger partial charge in [-0.2, -0.15) is 43.9 Å². The van der Waals surface area contributed by atoms with Gasteiger partial charge >= 0.3 is 41.9 Å². The second kappa shape index (κ2) is 12.8. The minimum atomic E-state index is -7.31. The molecule has 222 valence electrons. The van der Waals surface area contributed by atoms with Crippen molar-refractivity contribution in [2.24, 2.45) is 0 Å². The van der Waals surface area contributed by atoms with Crippen molar-refractivity contribution >= 4 is 23.8 Å².